The third-order valence-corrected chi connectivity index (χ3v) is 3.63. The largest absolute Gasteiger partial charge is 0.363 e. The summed E-state index contributed by atoms with van der Waals surface area (Å²) in [5, 5.41) is 2.25. The second-order valence-electron chi connectivity index (χ2n) is 3.55. The van der Waals surface area contributed by atoms with E-state index < -0.39 is 0 Å². The summed E-state index contributed by atoms with van der Waals surface area (Å²) in [6.45, 7) is 2.10. The zero-order chi connectivity index (χ0) is 9.38. The van der Waals surface area contributed by atoms with Gasteiger partial charge in [-0.25, -0.2) is 0 Å². The topological polar surface area (TPSA) is 3.24 Å². The van der Waals surface area contributed by atoms with Crippen LogP contribution in [0.2, 0.25) is 0 Å². The zero-order valence-electron chi connectivity index (χ0n) is 7.81. The van der Waals surface area contributed by atoms with E-state index in [0.717, 1.165) is 13.1 Å². The molecule has 70 valence electrons. The molecule has 0 atom stereocenters. The Morgan fingerprint density at radius 3 is 3.14 bits per heavy atom. The highest BCUT2D eigenvalue weighted by atomic mass is 32.2. The molecule has 2 aliphatic heterocycles. The summed E-state index contributed by atoms with van der Waals surface area (Å²) in [6, 6.07) is 8.64. The molecule has 0 aromatic heterocycles. The maximum Gasteiger partial charge on any atom is 0.0444 e. The first-order chi connectivity index (χ1) is 6.93. The SMILES string of the molecule is C1=CC2=CSc3ccccc3CN2C1. The van der Waals surface area contributed by atoms with Crippen molar-refractivity contribution in [3.05, 3.63) is 53.1 Å². The molecule has 1 nitrogen and oxygen atoms in total. The number of thioether (sulfide) groups is 1. The molecule has 0 saturated carbocycles. The van der Waals surface area contributed by atoms with Crippen molar-refractivity contribution in [1.29, 1.82) is 0 Å². The number of benzene rings is 1. The van der Waals surface area contributed by atoms with Gasteiger partial charge in [0.2, 0.25) is 0 Å². The van der Waals surface area contributed by atoms with Crippen LogP contribution in [0.3, 0.4) is 0 Å². The van der Waals surface area contributed by atoms with E-state index in [-0.39, 0.29) is 0 Å². The van der Waals surface area contributed by atoms with Crippen LogP contribution in [-0.2, 0) is 6.54 Å². The molecule has 0 N–H and O–H groups in total. The van der Waals surface area contributed by atoms with Gasteiger partial charge in [-0.15, -0.1) is 0 Å². The van der Waals surface area contributed by atoms with E-state index in [1.165, 1.54) is 16.2 Å². The Labute approximate surface area is 88.1 Å². The summed E-state index contributed by atoms with van der Waals surface area (Å²) in [7, 11) is 0. The summed E-state index contributed by atoms with van der Waals surface area (Å²) in [5.41, 5.74) is 2.79. The van der Waals surface area contributed by atoms with Crippen molar-refractivity contribution in [2.45, 2.75) is 11.4 Å². The minimum atomic E-state index is 1.04. The van der Waals surface area contributed by atoms with Crippen LogP contribution in [0.5, 0.6) is 0 Å². The monoisotopic (exact) mass is 201 g/mol. The number of fused-ring (bicyclic) bond motifs is 2. The van der Waals surface area contributed by atoms with Gasteiger partial charge in [-0.1, -0.05) is 36.0 Å². The van der Waals surface area contributed by atoms with Crippen molar-refractivity contribution < 1.29 is 0 Å². The fourth-order valence-electron chi connectivity index (χ4n) is 1.86. The van der Waals surface area contributed by atoms with Gasteiger partial charge < -0.3 is 4.90 Å². The van der Waals surface area contributed by atoms with Crippen LogP contribution in [0.15, 0.2) is 52.4 Å². The van der Waals surface area contributed by atoms with Crippen molar-refractivity contribution in [2.24, 2.45) is 0 Å². The molecule has 1 aromatic rings. The fraction of sp³-hybridized carbons (Fsp3) is 0.167. The van der Waals surface area contributed by atoms with Crippen molar-refractivity contribution >= 4 is 11.8 Å². The van der Waals surface area contributed by atoms with Crippen molar-refractivity contribution in [2.75, 3.05) is 6.54 Å². The standard InChI is InChI=1S/C12H11NS/c1-2-6-12-10(4-1)8-13-7-3-5-11(13)9-14-12/h1-6,9H,7-8H2. The number of hydrogen-bond donors (Lipinski definition) is 0. The first kappa shape index (κ1) is 8.18. The maximum absolute atomic E-state index is 2.40. The van der Waals surface area contributed by atoms with Gasteiger partial charge in [-0.2, -0.15) is 0 Å². The zero-order valence-corrected chi connectivity index (χ0v) is 8.63. The fourth-order valence-corrected chi connectivity index (χ4v) is 2.78. The predicted molar refractivity (Wildman–Crippen MR) is 59.9 cm³/mol. The van der Waals surface area contributed by atoms with Crippen molar-refractivity contribution in [1.82, 2.24) is 4.90 Å². The Bertz CT molecular complexity index is 420. The van der Waals surface area contributed by atoms with E-state index in [9.17, 15) is 0 Å². The third-order valence-electron chi connectivity index (χ3n) is 2.62. The highest BCUT2D eigenvalue weighted by Gasteiger charge is 2.16. The molecule has 0 fully saturated rings. The van der Waals surface area contributed by atoms with E-state index in [1.807, 2.05) is 11.8 Å². The first-order valence-corrected chi connectivity index (χ1v) is 5.68. The lowest BCUT2D eigenvalue weighted by molar-refractivity contribution is 0.399. The van der Waals surface area contributed by atoms with Crippen LogP contribution in [-0.4, -0.2) is 11.4 Å². The summed E-state index contributed by atoms with van der Waals surface area (Å²) >= 11 is 1.83. The molecule has 0 bridgehead atoms. The van der Waals surface area contributed by atoms with Crippen molar-refractivity contribution in [3.8, 4) is 0 Å². The quantitative estimate of drug-likeness (QED) is 0.635. The van der Waals surface area contributed by atoms with Gasteiger partial charge >= 0.3 is 0 Å². The number of rotatable bonds is 0. The van der Waals surface area contributed by atoms with E-state index in [2.05, 4.69) is 46.7 Å². The summed E-state index contributed by atoms with van der Waals surface area (Å²) in [4.78, 5) is 3.79. The molecule has 0 spiro atoms. The van der Waals surface area contributed by atoms with Crippen LogP contribution >= 0.6 is 11.8 Å². The molecule has 0 radical (unpaired) electrons. The Balaban J connectivity index is 2.03. The minimum Gasteiger partial charge on any atom is -0.363 e. The van der Waals surface area contributed by atoms with E-state index in [0.29, 0.717) is 0 Å². The van der Waals surface area contributed by atoms with Crippen LogP contribution < -0.4 is 0 Å². The summed E-state index contributed by atoms with van der Waals surface area (Å²) in [6.07, 6.45) is 4.43. The molecular formula is C12H11NS. The molecule has 0 aliphatic carbocycles. The van der Waals surface area contributed by atoms with Crippen LogP contribution in [0.4, 0.5) is 0 Å². The van der Waals surface area contributed by atoms with E-state index in [1.54, 1.807) is 0 Å². The smallest absolute Gasteiger partial charge is 0.0444 e. The van der Waals surface area contributed by atoms with Gasteiger partial charge in [0.15, 0.2) is 0 Å². The molecule has 2 heteroatoms. The Hall–Kier alpha value is -1.15. The molecule has 0 saturated heterocycles. The predicted octanol–water partition coefficient (Wildman–Crippen LogP) is 3.01. The summed E-state index contributed by atoms with van der Waals surface area (Å²) in [5.74, 6) is 0. The van der Waals surface area contributed by atoms with Gasteiger partial charge in [0, 0.05) is 23.7 Å². The lowest BCUT2D eigenvalue weighted by atomic mass is 10.2. The molecule has 2 aliphatic rings. The third kappa shape index (κ3) is 1.26. The molecule has 0 amide bonds. The lowest BCUT2D eigenvalue weighted by Crippen LogP contribution is -2.16. The van der Waals surface area contributed by atoms with Crippen LogP contribution in [0, 0.1) is 0 Å². The highest BCUT2D eigenvalue weighted by Crippen LogP contribution is 2.32. The molecule has 14 heavy (non-hydrogen) atoms. The Morgan fingerprint density at radius 1 is 1.21 bits per heavy atom. The number of allylic oxidation sites excluding steroid dienone is 1. The van der Waals surface area contributed by atoms with Gasteiger partial charge in [-0.05, 0) is 23.1 Å². The second-order valence-corrected chi connectivity index (χ2v) is 4.46. The average molecular weight is 201 g/mol. The van der Waals surface area contributed by atoms with Gasteiger partial charge in [0.1, 0.15) is 0 Å². The number of nitrogens with zero attached hydrogens (tertiary/aromatic N) is 1. The lowest BCUT2D eigenvalue weighted by Gasteiger charge is -2.18. The van der Waals surface area contributed by atoms with Crippen molar-refractivity contribution in [3.63, 3.8) is 0 Å². The first-order valence-electron chi connectivity index (χ1n) is 4.80. The van der Waals surface area contributed by atoms with Crippen LogP contribution in [0.25, 0.3) is 0 Å². The van der Waals surface area contributed by atoms with E-state index in [4.69, 9.17) is 0 Å². The Morgan fingerprint density at radius 2 is 2.14 bits per heavy atom. The Kier molecular flexibility index (Phi) is 1.88. The normalized spacial score (nSPS) is 18.6. The number of hydrogen-bond acceptors (Lipinski definition) is 2. The van der Waals surface area contributed by atoms with Gasteiger partial charge in [0.25, 0.3) is 0 Å². The minimum absolute atomic E-state index is 1.04. The molecule has 0 unspecified atom stereocenters. The van der Waals surface area contributed by atoms with Crippen LogP contribution in [0.1, 0.15) is 5.56 Å². The average Bonchev–Trinajstić information content (AvgIpc) is 2.58. The summed E-state index contributed by atoms with van der Waals surface area (Å²) < 4.78 is 0. The van der Waals surface area contributed by atoms with E-state index >= 15 is 0 Å². The van der Waals surface area contributed by atoms with Gasteiger partial charge in [0.05, 0.1) is 0 Å². The second kappa shape index (κ2) is 3.21. The molecule has 3 rings (SSSR count). The highest BCUT2D eigenvalue weighted by molar-refractivity contribution is 8.02. The molecule has 1 aromatic carbocycles. The molecule has 2 heterocycles. The van der Waals surface area contributed by atoms with Gasteiger partial charge in [-0.3, -0.25) is 0 Å². The maximum atomic E-state index is 2.40. The molecular weight excluding hydrogens is 190 g/mol.